The van der Waals surface area contributed by atoms with Crippen LogP contribution in [0.25, 0.3) is 0 Å². The summed E-state index contributed by atoms with van der Waals surface area (Å²) >= 11 is 6.41. The topological polar surface area (TPSA) is 0 Å². The molecule has 0 atom stereocenters. The molecule has 1 aliphatic carbocycles. The van der Waals surface area contributed by atoms with Crippen molar-refractivity contribution >= 4 is 11.6 Å². The highest BCUT2D eigenvalue weighted by molar-refractivity contribution is 6.31. The zero-order valence-corrected chi connectivity index (χ0v) is 16.9. The van der Waals surface area contributed by atoms with E-state index in [1.54, 1.807) is 0 Å². The van der Waals surface area contributed by atoms with Crippen LogP contribution in [0.3, 0.4) is 0 Å². The van der Waals surface area contributed by atoms with Gasteiger partial charge in [-0.15, -0.1) is 6.42 Å². The molecule has 0 aliphatic heterocycles. The first-order valence-corrected chi connectivity index (χ1v) is 10.5. The van der Waals surface area contributed by atoms with Crippen LogP contribution >= 0.6 is 11.6 Å². The molecule has 0 bridgehead atoms. The van der Waals surface area contributed by atoms with Crippen molar-refractivity contribution in [1.82, 2.24) is 0 Å². The molecule has 0 saturated heterocycles. The van der Waals surface area contributed by atoms with Gasteiger partial charge < -0.3 is 0 Å². The van der Waals surface area contributed by atoms with Gasteiger partial charge in [-0.1, -0.05) is 61.6 Å². The van der Waals surface area contributed by atoms with Crippen molar-refractivity contribution in [3.8, 4) is 12.3 Å². The number of terminal acetylenes is 1. The van der Waals surface area contributed by atoms with E-state index in [0.29, 0.717) is 10.9 Å². The smallest absolute Gasteiger partial charge is 0.145 e. The van der Waals surface area contributed by atoms with Gasteiger partial charge in [-0.25, -0.2) is 4.39 Å². The SMILES string of the molecule is C#Cc1ccc(CCc2ccc(C3CCC(CCC)CC3)c(F)c2Cl)cc1. The Morgan fingerprint density at radius 3 is 2.37 bits per heavy atom. The lowest BCUT2D eigenvalue weighted by atomic mass is 9.77. The van der Waals surface area contributed by atoms with Crippen LogP contribution in [0.4, 0.5) is 4.39 Å². The Labute approximate surface area is 168 Å². The van der Waals surface area contributed by atoms with Crippen LogP contribution in [0.15, 0.2) is 36.4 Å². The van der Waals surface area contributed by atoms with Crippen LogP contribution in [0.5, 0.6) is 0 Å². The Morgan fingerprint density at radius 1 is 1.04 bits per heavy atom. The van der Waals surface area contributed by atoms with Crippen LogP contribution in [0.2, 0.25) is 5.02 Å². The van der Waals surface area contributed by atoms with Crippen LogP contribution in [-0.2, 0) is 12.8 Å². The molecule has 2 aromatic rings. The summed E-state index contributed by atoms with van der Waals surface area (Å²) in [6.07, 6.45) is 14.1. The van der Waals surface area contributed by atoms with Crippen LogP contribution in [0, 0.1) is 24.1 Å². The first-order chi connectivity index (χ1) is 13.1. The molecular weight excluding hydrogens is 355 g/mol. The third-order valence-electron chi connectivity index (χ3n) is 5.98. The molecule has 27 heavy (non-hydrogen) atoms. The van der Waals surface area contributed by atoms with Crippen molar-refractivity contribution in [2.45, 2.75) is 64.2 Å². The zero-order valence-electron chi connectivity index (χ0n) is 16.1. The van der Waals surface area contributed by atoms with E-state index >= 15 is 0 Å². The fourth-order valence-electron chi connectivity index (χ4n) is 4.33. The van der Waals surface area contributed by atoms with Crippen LogP contribution in [0.1, 0.15) is 73.6 Å². The van der Waals surface area contributed by atoms with Crippen molar-refractivity contribution < 1.29 is 4.39 Å². The molecule has 2 aromatic carbocycles. The Kier molecular flexibility index (Phi) is 6.97. The molecule has 0 nitrogen and oxygen atoms in total. The van der Waals surface area contributed by atoms with Gasteiger partial charge in [-0.3, -0.25) is 0 Å². The number of hydrogen-bond donors (Lipinski definition) is 0. The molecule has 0 heterocycles. The number of benzene rings is 2. The fourth-order valence-corrected chi connectivity index (χ4v) is 4.60. The van der Waals surface area contributed by atoms with E-state index in [4.69, 9.17) is 18.0 Å². The molecule has 0 amide bonds. The number of halogens is 2. The fraction of sp³-hybridized carbons (Fsp3) is 0.440. The molecule has 0 spiro atoms. The second-order valence-electron chi connectivity index (χ2n) is 7.79. The molecule has 2 heteroatoms. The average molecular weight is 383 g/mol. The third-order valence-corrected chi connectivity index (χ3v) is 6.39. The first-order valence-electron chi connectivity index (χ1n) is 10.1. The normalized spacial score (nSPS) is 19.6. The quantitative estimate of drug-likeness (QED) is 0.459. The predicted molar refractivity (Wildman–Crippen MR) is 113 cm³/mol. The van der Waals surface area contributed by atoms with Gasteiger partial charge in [0.2, 0.25) is 0 Å². The molecule has 0 radical (unpaired) electrons. The maximum absolute atomic E-state index is 15.0. The van der Waals surface area contributed by atoms with Crippen molar-refractivity contribution in [1.29, 1.82) is 0 Å². The van der Waals surface area contributed by atoms with Crippen molar-refractivity contribution in [3.05, 3.63) is 69.5 Å². The van der Waals surface area contributed by atoms with E-state index in [2.05, 4.69) is 12.8 Å². The van der Waals surface area contributed by atoms with Crippen molar-refractivity contribution in [3.63, 3.8) is 0 Å². The molecule has 0 N–H and O–H groups in total. The van der Waals surface area contributed by atoms with Gasteiger partial charge in [0.15, 0.2) is 0 Å². The predicted octanol–water partition coefficient (Wildman–Crippen LogP) is 7.32. The Balaban J connectivity index is 1.65. The summed E-state index contributed by atoms with van der Waals surface area (Å²) < 4.78 is 15.0. The molecular formula is C25H28ClF. The second kappa shape index (κ2) is 9.43. The van der Waals surface area contributed by atoms with Gasteiger partial charge in [-0.05, 0) is 79.2 Å². The highest BCUT2D eigenvalue weighted by Crippen LogP contribution is 2.40. The van der Waals surface area contributed by atoms with Crippen molar-refractivity contribution in [2.75, 3.05) is 0 Å². The number of aryl methyl sites for hydroxylation is 2. The maximum Gasteiger partial charge on any atom is 0.145 e. The summed E-state index contributed by atoms with van der Waals surface area (Å²) in [5.41, 5.74) is 3.76. The van der Waals surface area contributed by atoms with Gasteiger partial charge >= 0.3 is 0 Å². The van der Waals surface area contributed by atoms with E-state index in [9.17, 15) is 4.39 Å². The Hall–Kier alpha value is -1.78. The zero-order chi connectivity index (χ0) is 19.2. The minimum Gasteiger partial charge on any atom is -0.205 e. The van der Waals surface area contributed by atoms with Crippen molar-refractivity contribution in [2.24, 2.45) is 5.92 Å². The maximum atomic E-state index is 15.0. The number of hydrogen-bond acceptors (Lipinski definition) is 0. The van der Waals surface area contributed by atoms with Crippen LogP contribution < -0.4 is 0 Å². The third kappa shape index (κ3) is 4.94. The standard InChI is InChI=1S/C25H28ClF/c1-3-5-19-10-13-21(14-11-19)23-17-16-22(24(26)25(23)27)15-12-20-8-6-18(4-2)7-9-20/h2,6-9,16-17,19,21H,3,5,10-15H2,1H3. The van der Waals surface area contributed by atoms with Gasteiger partial charge in [0.25, 0.3) is 0 Å². The van der Waals surface area contributed by atoms with E-state index in [0.717, 1.165) is 48.3 Å². The molecule has 3 rings (SSSR count). The molecule has 0 unspecified atom stereocenters. The van der Waals surface area contributed by atoms with E-state index < -0.39 is 0 Å². The van der Waals surface area contributed by atoms with E-state index in [-0.39, 0.29) is 5.82 Å². The lowest BCUT2D eigenvalue weighted by Crippen LogP contribution is -2.14. The summed E-state index contributed by atoms with van der Waals surface area (Å²) in [6.45, 7) is 2.24. The van der Waals surface area contributed by atoms with Gasteiger partial charge in [0, 0.05) is 5.56 Å². The molecule has 1 fully saturated rings. The van der Waals surface area contributed by atoms with Gasteiger partial charge in [0.05, 0.1) is 5.02 Å². The lowest BCUT2D eigenvalue weighted by Gasteiger charge is -2.29. The van der Waals surface area contributed by atoms with Gasteiger partial charge in [0.1, 0.15) is 5.82 Å². The van der Waals surface area contributed by atoms with E-state index in [1.807, 2.05) is 36.4 Å². The summed E-state index contributed by atoms with van der Waals surface area (Å²) in [5.74, 6) is 3.57. The Morgan fingerprint density at radius 2 is 1.74 bits per heavy atom. The molecule has 142 valence electrons. The summed E-state index contributed by atoms with van der Waals surface area (Å²) in [5, 5.41) is 0.309. The number of rotatable bonds is 6. The highest BCUT2D eigenvalue weighted by atomic mass is 35.5. The molecule has 1 saturated carbocycles. The largest absolute Gasteiger partial charge is 0.205 e. The summed E-state index contributed by atoms with van der Waals surface area (Å²) in [7, 11) is 0. The minimum absolute atomic E-state index is 0.198. The minimum atomic E-state index is -0.198. The monoisotopic (exact) mass is 382 g/mol. The second-order valence-corrected chi connectivity index (χ2v) is 8.17. The first kappa shape index (κ1) is 20.0. The molecule has 0 aromatic heterocycles. The van der Waals surface area contributed by atoms with Crippen LogP contribution in [-0.4, -0.2) is 0 Å². The Bertz CT molecular complexity index is 792. The average Bonchev–Trinajstić information content (AvgIpc) is 2.70. The van der Waals surface area contributed by atoms with Gasteiger partial charge in [-0.2, -0.15) is 0 Å². The highest BCUT2D eigenvalue weighted by Gasteiger charge is 2.25. The molecule has 1 aliphatic rings. The van der Waals surface area contributed by atoms with E-state index in [1.165, 1.54) is 31.2 Å². The lowest BCUT2D eigenvalue weighted by molar-refractivity contribution is 0.304. The summed E-state index contributed by atoms with van der Waals surface area (Å²) in [4.78, 5) is 0. The summed E-state index contributed by atoms with van der Waals surface area (Å²) in [6, 6.07) is 11.9.